The van der Waals surface area contributed by atoms with Crippen LogP contribution >= 0.6 is 8.81 Å². The van der Waals surface area contributed by atoms with Crippen molar-refractivity contribution < 1.29 is 9.63 Å². The van der Waals surface area contributed by atoms with Crippen molar-refractivity contribution in [2.45, 2.75) is 0 Å². The number of aromatic hydroxyl groups is 1. The molecule has 0 aliphatic carbocycles. The van der Waals surface area contributed by atoms with E-state index in [-0.39, 0.29) is 5.75 Å². The van der Waals surface area contributed by atoms with Crippen LogP contribution in [0.1, 0.15) is 0 Å². The molecule has 4 aromatic rings. The van der Waals surface area contributed by atoms with Crippen LogP contribution in [0.3, 0.4) is 0 Å². The Balaban J connectivity index is 2.17. The van der Waals surface area contributed by atoms with E-state index in [9.17, 15) is 5.11 Å². The number of hydrogen-bond acceptors (Lipinski definition) is 2. The van der Waals surface area contributed by atoms with Crippen LogP contribution in [0.25, 0.3) is 32.7 Å². The molecule has 3 heteroatoms. The SMILES string of the molecule is CPOc1ccc2ccccc2c1-c1c(O)ccc2ccccc12. The Kier molecular flexibility index (Phi) is 3.84. The summed E-state index contributed by atoms with van der Waals surface area (Å²) in [6.07, 6.45) is 0. The zero-order valence-corrected chi connectivity index (χ0v) is 14.3. The molecule has 2 nitrogen and oxygen atoms in total. The predicted molar refractivity (Wildman–Crippen MR) is 103 cm³/mol. The molecule has 0 aliphatic heterocycles. The van der Waals surface area contributed by atoms with E-state index in [1.807, 2.05) is 49.1 Å². The fourth-order valence-corrected chi connectivity index (χ4v) is 3.62. The van der Waals surface area contributed by atoms with Gasteiger partial charge in [0.05, 0.1) is 8.81 Å². The van der Waals surface area contributed by atoms with Gasteiger partial charge in [0.1, 0.15) is 11.5 Å². The molecule has 0 amide bonds. The van der Waals surface area contributed by atoms with Gasteiger partial charge in [0.15, 0.2) is 0 Å². The fraction of sp³-hybridized carbons (Fsp3) is 0.0476. The Labute approximate surface area is 142 Å². The van der Waals surface area contributed by atoms with Crippen LogP contribution in [0.2, 0.25) is 0 Å². The summed E-state index contributed by atoms with van der Waals surface area (Å²) in [5, 5.41) is 15.0. The summed E-state index contributed by atoms with van der Waals surface area (Å²) in [6, 6.07) is 24.1. The second kappa shape index (κ2) is 6.14. The minimum atomic E-state index is 0.273. The van der Waals surface area contributed by atoms with Crippen LogP contribution in [0, 0.1) is 0 Å². The van der Waals surface area contributed by atoms with Gasteiger partial charge in [0.25, 0.3) is 0 Å². The summed E-state index contributed by atoms with van der Waals surface area (Å²) in [6.45, 7) is 2.00. The summed E-state index contributed by atoms with van der Waals surface area (Å²) in [5.74, 6) is 1.08. The molecule has 0 saturated heterocycles. The summed E-state index contributed by atoms with van der Waals surface area (Å²) in [5.41, 5.74) is 1.79. The van der Waals surface area contributed by atoms with Crippen LogP contribution in [0.5, 0.6) is 11.5 Å². The maximum absolute atomic E-state index is 10.7. The quantitative estimate of drug-likeness (QED) is 0.469. The Morgan fingerprint density at radius 3 is 1.96 bits per heavy atom. The average Bonchev–Trinajstić information content (AvgIpc) is 2.62. The number of fused-ring (bicyclic) bond motifs is 2. The van der Waals surface area contributed by atoms with Crippen molar-refractivity contribution in [3.8, 4) is 22.6 Å². The highest BCUT2D eigenvalue weighted by molar-refractivity contribution is 7.31. The third-order valence-electron chi connectivity index (χ3n) is 4.26. The van der Waals surface area contributed by atoms with Crippen molar-refractivity contribution in [1.82, 2.24) is 0 Å². The number of rotatable bonds is 3. The molecule has 1 unspecified atom stereocenters. The second-order valence-corrected chi connectivity index (χ2v) is 6.26. The van der Waals surface area contributed by atoms with Crippen molar-refractivity contribution in [3.63, 3.8) is 0 Å². The molecule has 0 radical (unpaired) electrons. The van der Waals surface area contributed by atoms with Gasteiger partial charge in [-0.2, -0.15) is 0 Å². The van der Waals surface area contributed by atoms with Crippen molar-refractivity contribution in [2.75, 3.05) is 6.66 Å². The molecular weight excluding hydrogens is 315 g/mol. The van der Waals surface area contributed by atoms with Gasteiger partial charge >= 0.3 is 0 Å². The molecule has 1 N–H and O–H groups in total. The lowest BCUT2D eigenvalue weighted by Gasteiger charge is -2.16. The standard InChI is InChI=1S/C21H17O2P/c1-24-23-19-13-11-15-7-3-5-9-17(15)21(19)20-16-8-4-2-6-14(16)10-12-18(20)22/h2-13,22,24H,1H3. The molecule has 0 saturated carbocycles. The number of phenols is 1. The summed E-state index contributed by atoms with van der Waals surface area (Å²) >= 11 is 0. The molecule has 118 valence electrons. The Morgan fingerprint density at radius 2 is 1.29 bits per heavy atom. The summed E-state index contributed by atoms with van der Waals surface area (Å²) < 4.78 is 5.92. The molecule has 0 aromatic heterocycles. The molecule has 0 spiro atoms. The first kappa shape index (κ1) is 15.0. The molecule has 4 rings (SSSR count). The third-order valence-corrected chi connectivity index (χ3v) is 4.68. The molecule has 0 fully saturated rings. The highest BCUT2D eigenvalue weighted by atomic mass is 31.1. The van der Waals surface area contributed by atoms with Crippen LogP contribution < -0.4 is 4.52 Å². The lowest BCUT2D eigenvalue weighted by atomic mass is 9.92. The smallest absolute Gasteiger partial charge is 0.131 e. The number of hydrogen-bond donors (Lipinski definition) is 1. The van der Waals surface area contributed by atoms with E-state index in [0.29, 0.717) is 8.81 Å². The average molecular weight is 332 g/mol. The minimum Gasteiger partial charge on any atom is -0.507 e. The first-order chi connectivity index (χ1) is 11.8. The van der Waals surface area contributed by atoms with E-state index in [4.69, 9.17) is 4.52 Å². The highest BCUT2D eigenvalue weighted by Gasteiger charge is 2.17. The fourth-order valence-electron chi connectivity index (χ4n) is 3.23. The van der Waals surface area contributed by atoms with Crippen LogP contribution in [-0.2, 0) is 0 Å². The molecular formula is C21H17O2P. The van der Waals surface area contributed by atoms with Crippen molar-refractivity contribution in [1.29, 1.82) is 0 Å². The largest absolute Gasteiger partial charge is 0.507 e. The topological polar surface area (TPSA) is 29.5 Å². The lowest BCUT2D eigenvalue weighted by molar-refractivity contribution is 0.478. The van der Waals surface area contributed by atoms with Crippen molar-refractivity contribution >= 4 is 30.4 Å². The second-order valence-electron chi connectivity index (χ2n) is 5.65. The Morgan fingerprint density at radius 1 is 0.708 bits per heavy atom. The maximum atomic E-state index is 10.7. The van der Waals surface area contributed by atoms with E-state index in [1.165, 1.54) is 0 Å². The van der Waals surface area contributed by atoms with Gasteiger partial charge in [0, 0.05) is 11.1 Å². The van der Waals surface area contributed by atoms with Gasteiger partial charge in [-0.05, 0) is 40.3 Å². The maximum Gasteiger partial charge on any atom is 0.131 e. The highest BCUT2D eigenvalue weighted by Crippen LogP contribution is 2.45. The first-order valence-electron chi connectivity index (χ1n) is 7.86. The molecule has 0 heterocycles. The van der Waals surface area contributed by atoms with Crippen molar-refractivity contribution in [3.05, 3.63) is 72.8 Å². The van der Waals surface area contributed by atoms with E-state index in [1.54, 1.807) is 6.07 Å². The zero-order chi connectivity index (χ0) is 16.5. The van der Waals surface area contributed by atoms with Crippen LogP contribution in [-0.4, -0.2) is 11.8 Å². The summed E-state index contributed by atoms with van der Waals surface area (Å²) in [7, 11) is 0.340. The van der Waals surface area contributed by atoms with E-state index in [2.05, 4.69) is 24.3 Å². The van der Waals surface area contributed by atoms with Crippen LogP contribution in [0.15, 0.2) is 72.8 Å². The van der Waals surface area contributed by atoms with Gasteiger partial charge in [-0.1, -0.05) is 60.7 Å². The third kappa shape index (κ3) is 2.40. The predicted octanol–water partition coefficient (Wildman–Crippen LogP) is 5.97. The normalized spacial score (nSPS) is 11.5. The monoisotopic (exact) mass is 332 g/mol. The van der Waals surface area contributed by atoms with Gasteiger partial charge < -0.3 is 9.63 Å². The molecule has 0 aliphatic rings. The molecule has 4 aromatic carbocycles. The van der Waals surface area contributed by atoms with Gasteiger partial charge in [0.2, 0.25) is 0 Å². The van der Waals surface area contributed by atoms with E-state index < -0.39 is 0 Å². The Bertz CT molecular complexity index is 1040. The summed E-state index contributed by atoms with van der Waals surface area (Å²) in [4.78, 5) is 0. The lowest BCUT2D eigenvalue weighted by Crippen LogP contribution is -1.90. The van der Waals surface area contributed by atoms with Crippen LogP contribution in [0.4, 0.5) is 0 Å². The molecule has 1 atom stereocenters. The van der Waals surface area contributed by atoms with Gasteiger partial charge in [-0.25, -0.2) is 0 Å². The minimum absolute atomic E-state index is 0.273. The number of benzene rings is 4. The first-order valence-corrected chi connectivity index (χ1v) is 9.27. The zero-order valence-electron chi connectivity index (χ0n) is 13.3. The van der Waals surface area contributed by atoms with Gasteiger partial charge in [-0.3, -0.25) is 0 Å². The molecule has 0 bridgehead atoms. The molecule has 24 heavy (non-hydrogen) atoms. The Hall–Kier alpha value is -2.57. The van der Waals surface area contributed by atoms with E-state index >= 15 is 0 Å². The van der Waals surface area contributed by atoms with E-state index in [0.717, 1.165) is 38.4 Å². The number of phenolic OH excluding ortho intramolecular Hbond substituents is 1. The van der Waals surface area contributed by atoms with Crippen molar-refractivity contribution in [2.24, 2.45) is 0 Å². The van der Waals surface area contributed by atoms with Gasteiger partial charge in [-0.15, -0.1) is 0 Å².